The summed E-state index contributed by atoms with van der Waals surface area (Å²) in [4.78, 5) is 12.4. The van der Waals surface area contributed by atoms with Crippen molar-refractivity contribution in [1.82, 2.24) is 15.5 Å². The fraction of sp³-hybridized carbons (Fsp3) is 0.375. The summed E-state index contributed by atoms with van der Waals surface area (Å²) in [5, 5.41) is 10.3. The molecule has 0 saturated carbocycles. The minimum Gasteiger partial charge on any atom is -0.355 e. The van der Waals surface area contributed by atoms with Gasteiger partial charge in [-0.15, -0.1) is 0 Å². The Balaban J connectivity index is 1.97. The van der Waals surface area contributed by atoms with Gasteiger partial charge in [0.25, 0.3) is 0 Å². The van der Waals surface area contributed by atoms with Gasteiger partial charge >= 0.3 is 0 Å². The van der Waals surface area contributed by atoms with Gasteiger partial charge in [-0.25, -0.2) is 0 Å². The first-order valence-electron chi connectivity index (χ1n) is 7.08. The Morgan fingerprint density at radius 3 is 2.62 bits per heavy atom. The number of aromatic amines is 1. The van der Waals surface area contributed by atoms with Crippen LogP contribution in [0.15, 0.2) is 36.7 Å². The van der Waals surface area contributed by atoms with Crippen LogP contribution in [0, 0.1) is 5.92 Å². The molecular formula is C16H20ClN3O. The molecule has 1 atom stereocenters. The van der Waals surface area contributed by atoms with Crippen LogP contribution in [0.25, 0.3) is 0 Å². The van der Waals surface area contributed by atoms with E-state index < -0.39 is 0 Å². The van der Waals surface area contributed by atoms with Crippen molar-refractivity contribution in [2.75, 3.05) is 6.54 Å². The Morgan fingerprint density at radius 1 is 1.33 bits per heavy atom. The van der Waals surface area contributed by atoms with Crippen molar-refractivity contribution in [3.8, 4) is 0 Å². The number of nitrogens with zero attached hydrogens (tertiary/aromatic N) is 1. The van der Waals surface area contributed by atoms with Gasteiger partial charge in [-0.3, -0.25) is 9.89 Å². The summed E-state index contributed by atoms with van der Waals surface area (Å²) in [5.41, 5.74) is 2.08. The van der Waals surface area contributed by atoms with Gasteiger partial charge in [-0.05, 0) is 35.6 Å². The number of nitrogens with one attached hydrogen (secondary N) is 2. The molecule has 1 amide bonds. The van der Waals surface area contributed by atoms with E-state index in [1.54, 1.807) is 6.20 Å². The van der Waals surface area contributed by atoms with Crippen molar-refractivity contribution < 1.29 is 4.79 Å². The van der Waals surface area contributed by atoms with Crippen LogP contribution in [-0.4, -0.2) is 22.6 Å². The molecule has 0 spiro atoms. The number of carbonyl (C=O) groups is 1. The minimum atomic E-state index is -0.161. The molecule has 0 aliphatic heterocycles. The van der Waals surface area contributed by atoms with E-state index >= 15 is 0 Å². The molecule has 0 fully saturated rings. The zero-order chi connectivity index (χ0) is 15.2. The van der Waals surface area contributed by atoms with Crippen LogP contribution in [0.4, 0.5) is 0 Å². The van der Waals surface area contributed by atoms with Gasteiger partial charge in [0.05, 0.1) is 12.1 Å². The monoisotopic (exact) mass is 305 g/mol. The number of H-pyrrole nitrogens is 1. The number of aromatic nitrogens is 2. The molecule has 0 aliphatic carbocycles. The smallest absolute Gasteiger partial charge is 0.227 e. The van der Waals surface area contributed by atoms with Crippen LogP contribution < -0.4 is 5.32 Å². The van der Waals surface area contributed by atoms with E-state index in [4.69, 9.17) is 11.6 Å². The second-order valence-electron chi connectivity index (χ2n) is 5.42. The molecule has 21 heavy (non-hydrogen) atoms. The highest BCUT2D eigenvalue weighted by atomic mass is 35.5. The predicted molar refractivity (Wildman–Crippen MR) is 84.3 cm³/mol. The van der Waals surface area contributed by atoms with E-state index in [1.807, 2.05) is 30.5 Å². The number of hydrogen-bond acceptors (Lipinski definition) is 2. The Kier molecular flexibility index (Phi) is 5.39. The molecule has 2 rings (SSSR count). The number of hydrogen-bond donors (Lipinski definition) is 2. The maximum absolute atomic E-state index is 12.4. The lowest BCUT2D eigenvalue weighted by atomic mass is 9.87. The molecule has 0 radical (unpaired) electrons. The fourth-order valence-corrected chi connectivity index (χ4v) is 2.49. The summed E-state index contributed by atoms with van der Waals surface area (Å²) in [6, 6.07) is 7.49. The topological polar surface area (TPSA) is 57.8 Å². The Bertz CT molecular complexity index is 564. The van der Waals surface area contributed by atoms with Crippen molar-refractivity contribution >= 4 is 17.5 Å². The molecule has 0 unspecified atom stereocenters. The maximum atomic E-state index is 12.4. The van der Waals surface area contributed by atoms with E-state index in [-0.39, 0.29) is 17.7 Å². The van der Waals surface area contributed by atoms with Crippen LogP contribution in [0.1, 0.15) is 30.9 Å². The lowest BCUT2D eigenvalue weighted by molar-refractivity contribution is -0.123. The molecule has 1 heterocycles. The normalized spacial score (nSPS) is 12.4. The zero-order valence-corrected chi connectivity index (χ0v) is 13.0. The van der Waals surface area contributed by atoms with Gasteiger partial charge in [-0.2, -0.15) is 5.10 Å². The van der Waals surface area contributed by atoms with E-state index in [1.165, 1.54) is 0 Å². The standard InChI is InChI=1S/C16H20ClN3O/c1-11(2)15(13-3-5-14(17)6-4-13)16(21)18-8-7-12-9-19-20-10-12/h3-6,9-11,15H,7-8H2,1-2H3,(H,18,21)(H,19,20)/t15-/m1/s1. The second kappa shape index (κ2) is 7.27. The average Bonchev–Trinajstić information content (AvgIpc) is 2.94. The molecule has 0 saturated heterocycles. The average molecular weight is 306 g/mol. The molecule has 0 bridgehead atoms. The number of amides is 1. The first-order chi connectivity index (χ1) is 10.1. The quantitative estimate of drug-likeness (QED) is 0.861. The maximum Gasteiger partial charge on any atom is 0.227 e. The summed E-state index contributed by atoms with van der Waals surface area (Å²) in [6.45, 7) is 4.71. The molecule has 112 valence electrons. The summed E-state index contributed by atoms with van der Waals surface area (Å²) in [7, 11) is 0. The Hall–Kier alpha value is -1.81. The van der Waals surface area contributed by atoms with Crippen LogP contribution in [0.5, 0.6) is 0 Å². The van der Waals surface area contributed by atoms with Crippen LogP contribution in [0.2, 0.25) is 5.02 Å². The molecule has 5 heteroatoms. The van der Waals surface area contributed by atoms with Crippen LogP contribution in [0.3, 0.4) is 0 Å². The summed E-state index contributed by atoms with van der Waals surface area (Å²) in [5.74, 6) is 0.113. The lowest BCUT2D eigenvalue weighted by Crippen LogP contribution is -2.33. The molecule has 2 N–H and O–H groups in total. The number of carbonyl (C=O) groups excluding carboxylic acids is 1. The highest BCUT2D eigenvalue weighted by Gasteiger charge is 2.23. The number of rotatable bonds is 6. The van der Waals surface area contributed by atoms with Gasteiger partial charge in [-0.1, -0.05) is 37.6 Å². The van der Waals surface area contributed by atoms with Crippen molar-refractivity contribution in [2.24, 2.45) is 5.92 Å². The zero-order valence-electron chi connectivity index (χ0n) is 12.3. The third kappa shape index (κ3) is 4.33. The van der Waals surface area contributed by atoms with E-state index in [0.717, 1.165) is 17.5 Å². The van der Waals surface area contributed by atoms with Gasteiger partial charge in [0, 0.05) is 17.8 Å². The fourth-order valence-electron chi connectivity index (χ4n) is 2.36. The Morgan fingerprint density at radius 2 is 2.05 bits per heavy atom. The number of benzene rings is 1. The van der Waals surface area contributed by atoms with Crippen molar-refractivity contribution in [2.45, 2.75) is 26.2 Å². The minimum absolute atomic E-state index is 0.0517. The molecule has 2 aromatic rings. The molecule has 4 nitrogen and oxygen atoms in total. The summed E-state index contributed by atoms with van der Waals surface area (Å²) in [6.07, 6.45) is 4.38. The molecule has 1 aromatic heterocycles. The Labute approximate surface area is 129 Å². The van der Waals surface area contributed by atoms with E-state index in [2.05, 4.69) is 29.4 Å². The highest BCUT2D eigenvalue weighted by Crippen LogP contribution is 2.25. The van der Waals surface area contributed by atoms with Crippen LogP contribution >= 0.6 is 11.6 Å². The van der Waals surface area contributed by atoms with Crippen LogP contribution in [-0.2, 0) is 11.2 Å². The van der Waals surface area contributed by atoms with Crippen molar-refractivity contribution in [3.63, 3.8) is 0 Å². The summed E-state index contributed by atoms with van der Waals surface area (Å²) >= 11 is 5.91. The summed E-state index contributed by atoms with van der Waals surface area (Å²) < 4.78 is 0. The largest absolute Gasteiger partial charge is 0.355 e. The van der Waals surface area contributed by atoms with E-state index in [0.29, 0.717) is 11.6 Å². The molecule has 1 aromatic carbocycles. The third-order valence-corrected chi connectivity index (χ3v) is 3.70. The predicted octanol–water partition coefficient (Wildman–Crippen LogP) is 3.16. The molecule has 0 aliphatic rings. The second-order valence-corrected chi connectivity index (χ2v) is 5.86. The number of halogens is 1. The van der Waals surface area contributed by atoms with Gasteiger partial charge in [0.15, 0.2) is 0 Å². The molecular weight excluding hydrogens is 286 g/mol. The first-order valence-corrected chi connectivity index (χ1v) is 7.46. The van der Waals surface area contributed by atoms with Gasteiger partial charge in [0.2, 0.25) is 5.91 Å². The van der Waals surface area contributed by atoms with Crippen molar-refractivity contribution in [3.05, 3.63) is 52.8 Å². The first kappa shape index (κ1) is 15.6. The lowest BCUT2D eigenvalue weighted by Gasteiger charge is -2.20. The third-order valence-electron chi connectivity index (χ3n) is 3.45. The van der Waals surface area contributed by atoms with E-state index in [9.17, 15) is 4.79 Å². The van der Waals surface area contributed by atoms with Crippen molar-refractivity contribution in [1.29, 1.82) is 0 Å². The highest BCUT2D eigenvalue weighted by molar-refractivity contribution is 6.30. The van der Waals surface area contributed by atoms with Gasteiger partial charge < -0.3 is 5.32 Å². The van der Waals surface area contributed by atoms with Gasteiger partial charge in [0.1, 0.15) is 0 Å². The SMILES string of the molecule is CC(C)[C@@H](C(=O)NCCc1cn[nH]c1)c1ccc(Cl)cc1.